The Balaban J connectivity index is 2.13. The van der Waals surface area contributed by atoms with E-state index in [0.29, 0.717) is 18.8 Å². The number of nitrogens with one attached hydrogen (secondary N) is 1. The van der Waals surface area contributed by atoms with Crippen molar-refractivity contribution in [2.45, 2.75) is 71.8 Å². The highest BCUT2D eigenvalue weighted by Gasteiger charge is 2.33. The second kappa shape index (κ2) is 16.2. The monoisotopic (exact) mass is 546 g/mol. The molecule has 0 saturated heterocycles. The fourth-order valence-electron chi connectivity index (χ4n) is 3.58. The summed E-state index contributed by atoms with van der Waals surface area (Å²) < 4.78 is 33.3. The lowest BCUT2D eigenvalue weighted by atomic mass is 10.1. The number of esters is 2. The van der Waals surface area contributed by atoms with Gasteiger partial charge in [-0.2, -0.15) is 0 Å². The van der Waals surface area contributed by atoms with Crippen molar-refractivity contribution >= 4 is 17.8 Å². The Morgan fingerprint density at radius 1 is 1.05 bits per heavy atom. The molecule has 0 unspecified atom stereocenters. The van der Waals surface area contributed by atoms with Gasteiger partial charge in [-0.3, -0.25) is 9.59 Å². The van der Waals surface area contributed by atoms with Crippen LogP contribution in [0.3, 0.4) is 0 Å². The molecule has 214 valence electrons. The summed E-state index contributed by atoms with van der Waals surface area (Å²) in [4.78, 5) is 41.1. The van der Waals surface area contributed by atoms with Gasteiger partial charge >= 0.3 is 11.9 Å². The van der Waals surface area contributed by atoms with Crippen molar-refractivity contribution in [3.8, 4) is 17.2 Å². The number of hydrogen-bond acceptors (Lipinski definition) is 10. The molecule has 0 saturated carbocycles. The molecule has 11 nitrogen and oxygen atoms in total. The first kappa shape index (κ1) is 31.4. The number of hydrogen-bond donors (Lipinski definition) is 1. The lowest BCUT2D eigenvalue weighted by Crippen LogP contribution is -2.47. The van der Waals surface area contributed by atoms with E-state index in [0.717, 1.165) is 6.42 Å². The van der Waals surface area contributed by atoms with Gasteiger partial charge < -0.3 is 33.7 Å². The number of methoxy groups -OCH3 is 1. The van der Waals surface area contributed by atoms with Crippen LogP contribution in [0.15, 0.2) is 42.6 Å². The first-order valence-corrected chi connectivity index (χ1v) is 12.9. The Hall–Kier alpha value is -3.86. The minimum atomic E-state index is -1.04. The molecule has 2 aromatic rings. The molecule has 1 heterocycles. The maximum absolute atomic E-state index is 13.0. The van der Waals surface area contributed by atoms with Gasteiger partial charge in [-0.1, -0.05) is 32.0 Å². The van der Waals surface area contributed by atoms with E-state index < -0.39 is 42.9 Å². The van der Waals surface area contributed by atoms with Crippen LogP contribution in [0, 0.1) is 0 Å². The van der Waals surface area contributed by atoms with Crippen molar-refractivity contribution in [2.24, 2.45) is 0 Å². The lowest BCUT2D eigenvalue weighted by molar-refractivity contribution is -0.160. The number of ether oxygens (including phenoxy) is 6. The van der Waals surface area contributed by atoms with Gasteiger partial charge in [0, 0.05) is 25.8 Å². The summed E-state index contributed by atoms with van der Waals surface area (Å²) in [5.41, 5.74) is -0.154. The summed E-state index contributed by atoms with van der Waals surface area (Å²) >= 11 is 0. The van der Waals surface area contributed by atoms with Crippen molar-refractivity contribution in [1.82, 2.24) is 10.3 Å². The molecule has 0 aliphatic carbocycles. The average Bonchev–Trinajstić information content (AvgIpc) is 2.92. The zero-order valence-corrected chi connectivity index (χ0v) is 23.3. The zero-order valence-electron chi connectivity index (χ0n) is 23.3. The Labute approximate surface area is 229 Å². The smallest absolute Gasteiger partial charge is 0.328 e. The molecular weight excluding hydrogens is 508 g/mol. The number of pyridine rings is 1. The van der Waals surface area contributed by atoms with Crippen LogP contribution in [0.5, 0.6) is 17.2 Å². The van der Waals surface area contributed by atoms with Gasteiger partial charge in [0.15, 0.2) is 23.3 Å². The normalized spacial score (nSPS) is 13.8. The predicted octanol–water partition coefficient (Wildman–Crippen LogP) is 3.69. The van der Waals surface area contributed by atoms with Crippen LogP contribution >= 0.6 is 0 Å². The number of aromatic nitrogens is 1. The summed E-state index contributed by atoms with van der Waals surface area (Å²) in [5, 5.41) is 2.57. The van der Waals surface area contributed by atoms with E-state index in [1.165, 1.54) is 33.2 Å². The first-order chi connectivity index (χ1) is 18.7. The molecule has 0 bridgehead atoms. The number of benzene rings is 1. The molecule has 1 aromatic carbocycles. The van der Waals surface area contributed by atoms with E-state index in [1.807, 2.05) is 44.2 Å². The SMILES string of the molecule is CCCO[C@@H](CC)[C@@H](Oc1ccccc1)[C@H](C)OC(=O)[C@@H](C)NC(=O)c1nccc(OC)c1OCOC(C)=O. The number of para-hydroxylation sites is 1. The number of carbonyl (C=O) groups excluding carboxylic acids is 3. The molecule has 0 aliphatic rings. The molecule has 0 radical (unpaired) electrons. The van der Waals surface area contributed by atoms with Gasteiger partial charge in [0.25, 0.3) is 5.91 Å². The van der Waals surface area contributed by atoms with Crippen molar-refractivity contribution in [3.05, 3.63) is 48.3 Å². The average molecular weight is 547 g/mol. The van der Waals surface area contributed by atoms with Crippen molar-refractivity contribution < 1.29 is 42.8 Å². The van der Waals surface area contributed by atoms with Crippen LogP contribution in [0.2, 0.25) is 0 Å². The first-order valence-electron chi connectivity index (χ1n) is 12.9. The molecular formula is C28H38N2O9. The van der Waals surface area contributed by atoms with Crippen molar-refractivity contribution in [1.29, 1.82) is 0 Å². The molecule has 0 aliphatic heterocycles. The number of nitrogens with zero attached hydrogens (tertiary/aromatic N) is 1. The minimum Gasteiger partial charge on any atom is -0.493 e. The molecule has 0 fully saturated rings. The van der Waals surface area contributed by atoms with Crippen LogP contribution in [0.1, 0.15) is 57.9 Å². The summed E-state index contributed by atoms with van der Waals surface area (Å²) in [6, 6.07) is 9.67. The van der Waals surface area contributed by atoms with Crippen LogP contribution in [-0.4, -0.2) is 67.7 Å². The van der Waals surface area contributed by atoms with E-state index in [4.69, 9.17) is 28.4 Å². The van der Waals surface area contributed by atoms with Gasteiger partial charge in [0.2, 0.25) is 6.79 Å². The van der Waals surface area contributed by atoms with Crippen LogP contribution in [0.4, 0.5) is 0 Å². The highest BCUT2D eigenvalue weighted by atomic mass is 16.7. The van der Waals surface area contributed by atoms with Gasteiger partial charge in [0.1, 0.15) is 17.9 Å². The maximum Gasteiger partial charge on any atom is 0.328 e. The summed E-state index contributed by atoms with van der Waals surface area (Å²) in [6.07, 6.45) is 1.22. The Bertz CT molecular complexity index is 1060. The van der Waals surface area contributed by atoms with Gasteiger partial charge in [-0.05, 0) is 38.8 Å². The lowest BCUT2D eigenvalue weighted by Gasteiger charge is -2.32. The van der Waals surface area contributed by atoms with E-state index in [9.17, 15) is 14.4 Å². The third kappa shape index (κ3) is 9.75. The third-order valence-electron chi connectivity index (χ3n) is 5.55. The highest BCUT2D eigenvalue weighted by molar-refractivity contribution is 5.98. The van der Waals surface area contributed by atoms with E-state index >= 15 is 0 Å². The molecule has 2 rings (SSSR count). The summed E-state index contributed by atoms with van der Waals surface area (Å²) in [6.45, 7) is 8.51. The Morgan fingerprint density at radius 3 is 2.38 bits per heavy atom. The number of carbonyl (C=O) groups is 3. The fourth-order valence-corrected chi connectivity index (χ4v) is 3.58. The van der Waals surface area contributed by atoms with E-state index in [2.05, 4.69) is 10.3 Å². The zero-order chi connectivity index (χ0) is 28.8. The molecule has 1 amide bonds. The fraction of sp³-hybridized carbons (Fsp3) is 0.500. The Kier molecular flexibility index (Phi) is 13.0. The van der Waals surface area contributed by atoms with E-state index in [1.54, 1.807) is 6.92 Å². The van der Waals surface area contributed by atoms with E-state index in [-0.39, 0.29) is 23.3 Å². The molecule has 39 heavy (non-hydrogen) atoms. The quantitative estimate of drug-likeness (QED) is 0.246. The second-order valence-electron chi connectivity index (χ2n) is 8.64. The number of rotatable bonds is 16. The van der Waals surface area contributed by atoms with Gasteiger partial charge in [-0.15, -0.1) is 0 Å². The van der Waals surface area contributed by atoms with Crippen molar-refractivity contribution in [3.63, 3.8) is 0 Å². The number of amides is 1. The summed E-state index contributed by atoms with van der Waals surface area (Å²) in [5.74, 6) is -1.16. The summed E-state index contributed by atoms with van der Waals surface area (Å²) in [7, 11) is 1.39. The molecule has 1 N–H and O–H groups in total. The topological polar surface area (TPSA) is 132 Å². The highest BCUT2D eigenvalue weighted by Crippen LogP contribution is 2.29. The van der Waals surface area contributed by atoms with Crippen molar-refractivity contribution in [2.75, 3.05) is 20.5 Å². The van der Waals surface area contributed by atoms with Gasteiger partial charge in [0.05, 0.1) is 13.2 Å². The second-order valence-corrected chi connectivity index (χ2v) is 8.64. The molecule has 11 heteroatoms. The molecule has 4 atom stereocenters. The molecule has 1 aromatic heterocycles. The van der Waals surface area contributed by atoms with Crippen LogP contribution in [-0.2, 0) is 23.8 Å². The minimum absolute atomic E-state index is 0.0390. The maximum atomic E-state index is 13.0. The van der Waals surface area contributed by atoms with Gasteiger partial charge in [-0.25, -0.2) is 9.78 Å². The Morgan fingerprint density at radius 2 is 1.77 bits per heavy atom. The predicted molar refractivity (Wildman–Crippen MR) is 142 cm³/mol. The van der Waals surface area contributed by atoms with Crippen LogP contribution in [0.25, 0.3) is 0 Å². The third-order valence-corrected chi connectivity index (χ3v) is 5.55. The van der Waals surface area contributed by atoms with Crippen LogP contribution < -0.4 is 19.5 Å². The largest absolute Gasteiger partial charge is 0.493 e. The standard InChI is InChI=1S/C28H38N2O9/c1-7-16-35-22(8-2)25(39-21-12-10-9-11-13-21)19(4)38-28(33)18(3)30-27(32)24-26(37-17-36-20(5)31)23(34-6)14-15-29-24/h9-15,18-19,22,25H,7-8,16-17H2,1-6H3,(H,30,32)/t18-,19+,22+,25+/m1/s1. The molecule has 0 spiro atoms.